The van der Waals surface area contributed by atoms with Crippen LogP contribution in [0.3, 0.4) is 0 Å². The van der Waals surface area contributed by atoms with E-state index in [1.165, 1.54) is 11.1 Å². The van der Waals surface area contributed by atoms with Crippen LogP contribution in [0, 0.1) is 13.8 Å². The van der Waals surface area contributed by atoms with Gasteiger partial charge in [-0.3, -0.25) is 9.59 Å². The third-order valence-electron chi connectivity index (χ3n) is 5.26. The molecule has 0 aliphatic heterocycles. The summed E-state index contributed by atoms with van der Waals surface area (Å²) in [5.41, 5.74) is 5.16. The van der Waals surface area contributed by atoms with Gasteiger partial charge in [-0.05, 0) is 49.4 Å². The van der Waals surface area contributed by atoms with Gasteiger partial charge in [0.05, 0.1) is 10.2 Å². The van der Waals surface area contributed by atoms with Crippen molar-refractivity contribution < 1.29 is 9.59 Å². The molecule has 32 heavy (non-hydrogen) atoms. The molecule has 0 fully saturated rings. The summed E-state index contributed by atoms with van der Waals surface area (Å²) < 4.78 is 3.30. The van der Waals surface area contributed by atoms with E-state index in [0.717, 1.165) is 22.5 Å². The van der Waals surface area contributed by atoms with E-state index in [2.05, 4.69) is 41.8 Å². The van der Waals surface area contributed by atoms with Gasteiger partial charge in [-0.2, -0.15) is 16.8 Å². The van der Waals surface area contributed by atoms with Crippen LogP contribution in [0.4, 0.5) is 0 Å². The van der Waals surface area contributed by atoms with Gasteiger partial charge in [-0.1, -0.05) is 59.9 Å². The molecular weight excluding hydrogens is 436 g/mol. The fourth-order valence-electron chi connectivity index (χ4n) is 3.67. The Morgan fingerprint density at radius 1 is 0.938 bits per heavy atom. The van der Waals surface area contributed by atoms with Crippen LogP contribution < -0.4 is 4.80 Å². The largest absolute Gasteiger partial charge is 0.315 e. The standard InChI is InChI=1S/C26H24N2O2S2/c1-17-15-18(2)24-22(16-17)28(13-14-31-3)26(32-24)27-25(30)21-11-9-20(10-12-21)23(29)19-7-5-4-6-8-19/h4-12,15-16H,13-14H2,1-3H3. The number of carbonyl (C=O) groups excluding carboxylic acids is 2. The summed E-state index contributed by atoms with van der Waals surface area (Å²) in [5, 5.41) is 0. The van der Waals surface area contributed by atoms with E-state index >= 15 is 0 Å². The van der Waals surface area contributed by atoms with Crippen LogP contribution in [0.1, 0.15) is 37.4 Å². The molecule has 4 aromatic rings. The zero-order chi connectivity index (χ0) is 22.7. The SMILES string of the molecule is CSCCn1c(=NC(=O)c2ccc(C(=O)c3ccccc3)cc2)sc2c(C)cc(C)cc21. The van der Waals surface area contributed by atoms with E-state index in [0.29, 0.717) is 21.5 Å². The second kappa shape index (κ2) is 9.67. The smallest absolute Gasteiger partial charge is 0.279 e. The molecule has 6 heteroatoms. The molecule has 0 aliphatic rings. The first-order valence-electron chi connectivity index (χ1n) is 10.4. The van der Waals surface area contributed by atoms with Gasteiger partial charge < -0.3 is 4.57 Å². The summed E-state index contributed by atoms with van der Waals surface area (Å²) in [5.74, 6) is 0.575. The number of rotatable bonds is 6. The third kappa shape index (κ3) is 4.61. The Bertz CT molecular complexity index is 1350. The quantitative estimate of drug-likeness (QED) is 0.349. The van der Waals surface area contributed by atoms with Gasteiger partial charge in [-0.25, -0.2) is 0 Å². The van der Waals surface area contributed by atoms with Crippen molar-refractivity contribution in [3.63, 3.8) is 0 Å². The normalized spacial score (nSPS) is 11.8. The Kier molecular flexibility index (Phi) is 6.72. The van der Waals surface area contributed by atoms with Crippen LogP contribution in [0.25, 0.3) is 10.2 Å². The minimum Gasteiger partial charge on any atom is -0.315 e. The zero-order valence-electron chi connectivity index (χ0n) is 18.3. The topological polar surface area (TPSA) is 51.4 Å². The van der Waals surface area contributed by atoms with Crippen molar-refractivity contribution in [2.24, 2.45) is 4.99 Å². The number of carbonyl (C=O) groups is 2. The lowest BCUT2D eigenvalue weighted by molar-refractivity contribution is 0.0994. The number of amides is 1. The third-order valence-corrected chi connectivity index (χ3v) is 7.08. The molecule has 0 saturated heterocycles. The van der Waals surface area contributed by atoms with Gasteiger partial charge in [0.25, 0.3) is 5.91 Å². The van der Waals surface area contributed by atoms with Crippen LogP contribution in [-0.4, -0.2) is 28.3 Å². The number of aryl methyl sites for hydroxylation is 3. The Morgan fingerprint density at radius 3 is 2.28 bits per heavy atom. The molecule has 0 atom stereocenters. The molecule has 3 aromatic carbocycles. The number of thiazole rings is 1. The van der Waals surface area contributed by atoms with Crippen molar-refractivity contribution in [3.8, 4) is 0 Å². The highest BCUT2D eigenvalue weighted by molar-refractivity contribution is 7.98. The molecule has 0 aliphatic carbocycles. The second-order valence-corrected chi connectivity index (χ2v) is 9.61. The van der Waals surface area contributed by atoms with E-state index < -0.39 is 0 Å². The highest BCUT2D eigenvalue weighted by Crippen LogP contribution is 2.24. The van der Waals surface area contributed by atoms with Crippen molar-refractivity contribution in [3.05, 3.63) is 99.3 Å². The van der Waals surface area contributed by atoms with Gasteiger partial charge >= 0.3 is 0 Å². The number of ketones is 1. The number of nitrogens with zero attached hydrogens (tertiary/aromatic N) is 2. The maximum absolute atomic E-state index is 13.0. The lowest BCUT2D eigenvalue weighted by atomic mass is 10.0. The average Bonchev–Trinajstić information content (AvgIpc) is 3.15. The number of fused-ring (bicyclic) bond motifs is 1. The van der Waals surface area contributed by atoms with Crippen molar-refractivity contribution >= 4 is 45.0 Å². The molecule has 0 N–H and O–H groups in total. The lowest BCUT2D eigenvalue weighted by Crippen LogP contribution is -2.18. The van der Waals surface area contributed by atoms with E-state index in [-0.39, 0.29) is 11.7 Å². The maximum atomic E-state index is 13.0. The van der Waals surface area contributed by atoms with Gasteiger partial charge in [0.2, 0.25) is 0 Å². The van der Waals surface area contributed by atoms with Crippen molar-refractivity contribution in [1.82, 2.24) is 4.57 Å². The van der Waals surface area contributed by atoms with Gasteiger partial charge in [-0.15, -0.1) is 0 Å². The fourth-order valence-corrected chi connectivity index (χ4v) is 5.14. The first-order chi connectivity index (χ1) is 15.5. The molecule has 0 unspecified atom stereocenters. The molecule has 162 valence electrons. The minimum atomic E-state index is -0.303. The van der Waals surface area contributed by atoms with Crippen molar-refractivity contribution in [2.45, 2.75) is 20.4 Å². The number of aromatic nitrogens is 1. The highest BCUT2D eigenvalue weighted by Gasteiger charge is 2.13. The van der Waals surface area contributed by atoms with Crippen LogP contribution in [0.15, 0.2) is 71.7 Å². The lowest BCUT2D eigenvalue weighted by Gasteiger charge is -2.06. The van der Waals surface area contributed by atoms with E-state index in [1.54, 1.807) is 59.5 Å². The molecule has 4 nitrogen and oxygen atoms in total. The van der Waals surface area contributed by atoms with E-state index in [9.17, 15) is 9.59 Å². The Hall–Kier alpha value is -2.96. The average molecular weight is 461 g/mol. The molecule has 0 bridgehead atoms. The molecule has 1 amide bonds. The maximum Gasteiger partial charge on any atom is 0.279 e. The molecule has 4 rings (SSSR count). The van der Waals surface area contributed by atoms with E-state index in [1.807, 2.05) is 18.2 Å². The van der Waals surface area contributed by atoms with Gasteiger partial charge in [0, 0.05) is 29.0 Å². The number of hydrogen-bond acceptors (Lipinski definition) is 4. The first-order valence-corrected chi connectivity index (χ1v) is 12.6. The number of benzene rings is 3. The summed E-state index contributed by atoms with van der Waals surface area (Å²) in [6.45, 7) is 4.97. The van der Waals surface area contributed by atoms with Crippen LogP contribution in [0.5, 0.6) is 0 Å². The van der Waals surface area contributed by atoms with Crippen LogP contribution in [0.2, 0.25) is 0 Å². The van der Waals surface area contributed by atoms with Crippen LogP contribution >= 0.6 is 23.1 Å². The summed E-state index contributed by atoms with van der Waals surface area (Å²) in [4.78, 5) is 30.7. The van der Waals surface area contributed by atoms with Gasteiger partial charge in [0.1, 0.15) is 0 Å². The van der Waals surface area contributed by atoms with Crippen LogP contribution in [-0.2, 0) is 6.54 Å². The Balaban J connectivity index is 1.69. The number of thioether (sulfide) groups is 1. The summed E-state index contributed by atoms with van der Waals surface area (Å²) in [6.07, 6.45) is 2.08. The monoisotopic (exact) mass is 460 g/mol. The molecule has 1 aromatic heterocycles. The van der Waals surface area contributed by atoms with Crippen molar-refractivity contribution in [1.29, 1.82) is 0 Å². The molecular formula is C26H24N2O2S2. The molecule has 0 spiro atoms. The summed E-state index contributed by atoms with van der Waals surface area (Å²) in [6, 6.07) is 20.2. The molecule has 0 saturated carbocycles. The Labute approximate surface area is 195 Å². The highest BCUT2D eigenvalue weighted by atomic mass is 32.2. The predicted octanol–water partition coefficient (Wildman–Crippen LogP) is 5.65. The first kappa shape index (κ1) is 22.2. The summed E-state index contributed by atoms with van der Waals surface area (Å²) in [7, 11) is 0. The predicted molar refractivity (Wildman–Crippen MR) is 134 cm³/mol. The second-order valence-electron chi connectivity index (χ2n) is 7.65. The fraction of sp³-hybridized carbons (Fsp3) is 0.192. The Morgan fingerprint density at radius 2 is 1.59 bits per heavy atom. The molecule has 1 heterocycles. The minimum absolute atomic E-state index is 0.0632. The molecule has 0 radical (unpaired) electrons. The van der Waals surface area contributed by atoms with E-state index in [4.69, 9.17) is 0 Å². The van der Waals surface area contributed by atoms with Gasteiger partial charge in [0.15, 0.2) is 10.6 Å². The van der Waals surface area contributed by atoms with Crippen molar-refractivity contribution in [2.75, 3.05) is 12.0 Å². The number of hydrogen-bond donors (Lipinski definition) is 0. The summed E-state index contributed by atoms with van der Waals surface area (Å²) >= 11 is 3.32. The zero-order valence-corrected chi connectivity index (χ0v) is 19.9.